The molecule has 0 fully saturated rings. The molecule has 0 spiro atoms. The summed E-state index contributed by atoms with van der Waals surface area (Å²) in [5.41, 5.74) is 7.04. The monoisotopic (exact) mass is 180 g/mol. The van der Waals surface area contributed by atoms with Crippen molar-refractivity contribution in [2.45, 2.75) is 13.3 Å². The highest BCUT2D eigenvalue weighted by atomic mass is 16.1. The van der Waals surface area contributed by atoms with E-state index < -0.39 is 0 Å². The van der Waals surface area contributed by atoms with Gasteiger partial charge in [0.2, 0.25) is 5.91 Å². The molecule has 0 saturated carbocycles. The number of carbonyl (C=O) groups is 1. The molecule has 0 unspecified atom stereocenters. The zero-order valence-electron chi connectivity index (χ0n) is 8.13. The minimum Gasteiger partial charge on any atom is -0.399 e. The van der Waals surface area contributed by atoms with Crippen LogP contribution in [0.2, 0.25) is 0 Å². The molecule has 0 rings (SSSR count). The normalized spacial score (nSPS) is 12.5. The van der Waals surface area contributed by atoms with Gasteiger partial charge in [0.15, 0.2) is 0 Å². The molecule has 0 aliphatic heterocycles. The standard InChI is InChI=1S/C10H16N2O/c1-4-9(11)6-5-8(2)7-10(13)12-3/h4-6H,1,7,11H2,2-3H3,(H,12,13)/b8-5+,9-6+. The van der Waals surface area contributed by atoms with E-state index in [1.807, 2.05) is 13.0 Å². The molecule has 13 heavy (non-hydrogen) atoms. The number of hydrogen-bond donors (Lipinski definition) is 2. The van der Waals surface area contributed by atoms with Crippen molar-refractivity contribution in [3.8, 4) is 0 Å². The van der Waals surface area contributed by atoms with Crippen molar-refractivity contribution in [1.82, 2.24) is 5.32 Å². The van der Waals surface area contributed by atoms with Crippen LogP contribution in [0.15, 0.2) is 36.1 Å². The number of nitrogens with two attached hydrogens (primary N) is 1. The molecule has 3 nitrogen and oxygen atoms in total. The van der Waals surface area contributed by atoms with Crippen LogP contribution in [-0.2, 0) is 4.79 Å². The topological polar surface area (TPSA) is 55.1 Å². The molecule has 0 aromatic heterocycles. The van der Waals surface area contributed by atoms with Gasteiger partial charge in [-0.25, -0.2) is 0 Å². The van der Waals surface area contributed by atoms with E-state index in [1.165, 1.54) is 0 Å². The van der Waals surface area contributed by atoms with Gasteiger partial charge in [0.05, 0.1) is 0 Å². The maximum absolute atomic E-state index is 10.9. The fourth-order valence-corrected chi connectivity index (χ4v) is 0.707. The zero-order chi connectivity index (χ0) is 10.3. The highest BCUT2D eigenvalue weighted by Gasteiger charge is 1.97. The van der Waals surface area contributed by atoms with E-state index in [4.69, 9.17) is 5.73 Å². The molecule has 3 heteroatoms. The van der Waals surface area contributed by atoms with Crippen LogP contribution in [0.1, 0.15) is 13.3 Å². The lowest BCUT2D eigenvalue weighted by atomic mass is 10.2. The lowest BCUT2D eigenvalue weighted by molar-refractivity contribution is -0.119. The van der Waals surface area contributed by atoms with Crippen molar-refractivity contribution in [2.24, 2.45) is 5.73 Å². The Kier molecular flexibility index (Phi) is 5.35. The Labute approximate surface area is 79.0 Å². The minimum absolute atomic E-state index is 0.000625. The van der Waals surface area contributed by atoms with Gasteiger partial charge in [-0.05, 0) is 19.1 Å². The number of amides is 1. The number of hydrogen-bond acceptors (Lipinski definition) is 2. The third-order valence-electron chi connectivity index (χ3n) is 1.51. The van der Waals surface area contributed by atoms with Crippen LogP contribution < -0.4 is 11.1 Å². The Hall–Kier alpha value is -1.51. The van der Waals surface area contributed by atoms with Crippen molar-refractivity contribution in [3.63, 3.8) is 0 Å². The molecule has 0 heterocycles. The first-order chi connectivity index (χ1) is 6.10. The van der Waals surface area contributed by atoms with Gasteiger partial charge in [-0.3, -0.25) is 4.79 Å². The number of carbonyl (C=O) groups excluding carboxylic acids is 1. The van der Waals surface area contributed by atoms with Crippen LogP contribution in [0.4, 0.5) is 0 Å². The lowest BCUT2D eigenvalue weighted by Gasteiger charge is -1.98. The molecule has 3 N–H and O–H groups in total. The molecule has 0 saturated heterocycles. The van der Waals surface area contributed by atoms with Gasteiger partial charge in [0, 0.05) is 19.2 Å². The van der Waals surface area contributed by atoms with E-state index in [1.54, 1.807) is 19.2 Å². The number of rotatable bonds is 4. The van der Waals surface area contributed by atoms with Gasteiger partial charge in [-0.1, -0.05) is 18.2 Å². The SMILES string of the molecule is C=C/C(N)=C\C=C(/C)CC(=O)NC. The summed E-state index contributed by atoms with van der Waals surface area (Å²) in [6, 6.07) is 0. The first kappa shape index (κ1) is 11.5. The highest BCUT2D eigenvalue weighted by Crippen LogP contribution is 2.00. The van der Waals surface area contributed by atoms with Gasteiger partial charge in [-0.15, -0.1) is 0 Å². The quantitative estimate of drug-likeness (QED) is 0.636. The summed E-state index contributed by atoms with van der Waals surface area (Å²) in [4.78, 5) is 10.9. The Morgan fingerprint density at radius 2 is 2.15 bits per heavy atom. The van der Waals surface area contributed by atoms with Crippen LogP contribution in [0.25, 0.3) is 0 Å². The molecule has 0 aromatic carbocycles. The molecule has 0 aliphatic carbocycles. The first-order valence-corrected chi connectivity index (χ1v) is 4.06. The van der Waals surface area contributed by atoms with E-state index in [-0.39, 0.29) is 5.91 Å². The van der Waals surface area contributed by atoms with E-state index in [9.17, 15) is 4.79 Å². The molecular weight excluding hydrogens is 164 g/mol. The average Bonchev–Trinajstić information content (AvgIpc) is 2.13. The summed E-state index contributed by atoms with van der Waals surface area (Å²) in [6.45, 7) is 5.39. The van der Waals surface area contributed by atoms with Crippen molar-refractivity contribution in [2.75, 3.05) is 7.05 Å². The molecule has 72 valence electrons. The minimum atomic E-state index is -0.000625. The Morgan fingerprint density at radius 3 is 2.62 bits per heavy atom. The van der Waals surface area contributed by atoms with Gasteiger partial charge < -0.3 is 11.1 Å². The third kappa shape index (κ3) is 5.73. The Bertz CT molecular complexity index is 252. The van der Waals surface area contributed by atoms with Crippen LogP contribution in [-0.4, -0.2) is 13.0 Å². The van der Waals surface area contributed by atoms with Crippen molar-refractivity contribution < 1.29 is 4.79 Å². The second-order valence-electron chi connectivity index (χ2n) is 2.73. The van der Waals surface area contributed by atoms with Crippen molar-refractivity contribution >= 4 is 5.91 Å². The molecule has 1 amide bonds. The maximum Gasteiger partial charge on any atom is 0.223 e. The van der Waals surface area contributed by atoms with Gasteiger partial charge in [0.1, 0.15) is 0 Å². The Morgan fingerprint density at radius 1 is 1.54 bits per heavy atom. The summed E-state index contributed by atoms with van der Waals surface area (Å²) < 4.78 is 0. The second kappa shape index (κ2) is 6.06. The largest absolute Gasteiger partial charge is 0.399 e. The molecule has 0 radical (unpaired) electrons. The summed E-state index contributed by atoms with van der Waals surface area (Å²) in [5.74, 6) is -0.000625. The first-order valence-electron chi connectivity index (χ1n) is 4.06. The predicted molar refractivity (Wildman–Crippen MR) is 54.9 cm³/mol. The lowest BCUT2D eigenvalue weighted by Crippen LogP contribution is -2.17. The fourth-order valence-electron chi connectivity index (χ4n) is 0.707. The molecular formula is C10H16N2O. The summed E-state index contributed by atoms with van der Waals surface area (Å²) >= 11 is 0. The van der Waals surface area contributed by atoms with E-state index in [0.29, 0.717) is 12.1 Å². The van der Waals surface area contributed by atoms with Crippen LogP contribution in [0, 0.1) is 0 Å². The fraction of sp³-hybridized carbons (Fsp3) is 0.300. The van der Waals surface area contributed by atoms with Gasteiger partial charge in [0.25, 0.3) is 0 Å². The van der Waals surface area contributed by atoms with Crippen molar-refractivity contribution in [3.05, 3.63) is 36.1 Å². The molecule has 0 bridgehead atoms. The van der Waals surface area contributed by atoms with E-state index in [2.05, 4.69) is 11.9 Å². The summed E-state index contributed by atoms with van der Waals surface area (Å²) in [7, 11) is 1.61. The zero-order valence-corrected chi connectivity index (χ0v) is 8.13. The number of allylic oxidation sites excluding steroid dienone is 3. The summed E-state index contributed by atoms with van der Waals surface area (Å²) in [6.07, 6.45) is 5.50. The second-order valence-corrected chi connectivity index (χ2v) is 2.73. The van der Waals surface area contributed by atoms with Gasteiger partial charge in [-0.2, -0.15) is 0 Å². The predicted octanol–water partition coefficient (Wildman–Crippen LogP) is 1.10. The average molecular weight is 180 g/mol. The van der Waals surface area contributed by atoms with Crippen LogP contribution >= 0.6 is 0 Å². The highest BCUT2D eigenvalue weighted by molar-refractivity contribution is 5.78. The van der Waals surface area contributed by atoms with Gasteiger partial charge >= 0.3 is 0 Å². The smallest absolute Gasteiger partial charge is 0.223 e. The summed E-state index contributed by atoms with van der Waals surface area (Å²) in [5, 5.41) is 2.55. The Balaban J connectivity index is 4.17. The van der Waals surface area contributed by atoms with Crippen LogP contribution in [0.3, 0.4) is 0 Å². The van der Waals surface area contributed by atoms with Crippen LogP contribution in [0.5, 0.6) is 0 Å². The van der Waals surface area contributed by atoms with Crippen molar-refractivity contribution in [1.29, 1.82) is 0 Å². The number of nitrogens with one attached hydrogen (secondary N) is 1. The molecule has 0 aromatic rings. The van der Waals surface area contributed by atoms with E-state index in [0.717, 1.165) is 5.57 Å². The molecule has 0 atom stereocenters. The maximum atomic E-state index is 10.9. The van der Waals surface area contributed by atoms with E-state index >= 15 is 0 Å². The third-order valence-corrected chi connectivity index (χ3v) is 1.51. The molecule has 0 aliphatic rings.